The summed E-state index contributed by atoms with van der Waals surface area (Å²) in [6.45, 7) is 5.02. The molecule has 2 nitrogen and oxygen atoms in total. The first-order valence-corrected chi connectivity index (χ1v) is 7.32. The highest BCUT2D eigenvalue weighted by molar-refractivity contribution is 5.36. The molecule has 0 unspecified atom stereocenters. The predicted octanol–water partition coefficient (Wildman–Crippen LogP) is 4.35. The van der Waals surface area contributed by atoms with E-state index in [1.807, 2.05) is 0 Å². The van der Waals surface area contributed by atoms with E-state index in [9.17, 15) is 4.79 Å². The van der Waals surface area contributed by atoms with Gasteiger partial charge in [0.25, 0.3) is 0 Å². The minimum atomic E-state index is 0.0746. The largest absolute Gasteiger partial charge is 0.234 e. The summed E-state index contributed by atoms with van der Waals surface area (Å²) in [6, 6.07) is 8.92. The van der Waals surface area contributed by atoms with Gasteiger partial charge >= 0.3 is 0 Å². The molecular formula is C17H23NO. The summed E-state index contributed by atoms with van der Waals surface area (Å²) in [6.07, 6.45) is 7.77. The number of hydrogen-bond donors (Lipinski definition) is 0. The van der Waals surface area contributed by atoms with Crippen LogP contribution in [-0.4, -0.2) is 12.6 Å². The number of nitrogens with zero attached hydrogens (tertiary/aromatic N) is 1. The Morgan fingerprint density at radius 3 is 2.32 bits per heavy atom. The Kier molecular flexibility index (Phi) is 4.55. The Morgan fingerprint density at radius 2 is 1.79 bits per heavy atom. The van der Waals surface area contributed by atoms with Gasteiger partial charge in [0.2, 0.25) is 6.08 Å². The molecule has 102 valence electrons. The molecule has 0 heterocycles. The normalized spacial score (nSPS) is 18.1. The molecule has 1 saturated carbocycles. The van der Waals surface area contributed by atoms with Crippen LogP contribution in [0.15, 0.2) is 29.3 Å². The van der Waals surface area contributed by atoms with Crippen LogP contribution < -0.4 is 0 Å². The van der Waals surface area contributed by atoms with Crippen molar-refractivity contribution in [2.75, 3.05) is 6.54 Å². The van der Waals surface area contributed by atoms with Crippen LogP contribution in [0.2, 0.25) is 0 Å². The number of benzene rings is 1. The number of isocyanates is 1. The molecule has 0 amide bonds. The average molecular weight is 257 g/mol. The topological polar surface area (TPSA) is 29.4 Å². The van der Waals surface area contributed by atoms with E-state index in [1.54, 1.807) is 6.08 Å². The van der Waals surface area contributed by atoms with E-state index in [0.29, 0.717) is 12.5 Å². The Labute approximate surface area is 115 Å². The second-order valence-electron chi connectivity index (χ2n) is 6.03. The summed E-state index contributed by atoms with van der Waals surface area (Å²) in [4.78, 5) is 14.4. The van der Waals surface area contributed by atoms with Crippen molar-refractivity contribution in [3.63, 3.8) is 0 Å². The molecule has 2 heteroatoms. The summed E-state index contributed by atoms with van der Waals surface area (Å²) >= 11 is 0. The number of hydrogen-bond acceptors (Lipinski definition) is 2. The molecule has 1 aromatic carbocycles. The Balaban J connectivity index is 2.29. The van der Waals surface area contributed by atoms with E-state index in [2.05, 4.69) is 43.1 Å². The lowest BCUT2D eigenvalue weighted by Crippen LogP contribution is -2.32. The Bertz CT molecular complexity index is 449. The van der Waals surface area contributed by atoms with E-state index >= 15 is 0 Å². The van der Waals surface area contributed by atoms with Crippen LogP contribution >= 0.6 is 0 Å². The number of rotatable bonds is 4. The van der Waals surface area contributed by atoms with Crippen LogP contribution in [0.1, 0.15) is 63.0 Å². The molecule has 0 radical (unpaired) electrons. The van der Waals surface area contributed by atoms with Gasteiger partial charge in [0.15, 0.2) is 0 Å². The van der Waals surface area contributed by atoms with E-state index < -0.39 is 0 Å². The van der Waals surface area contributed by atoms with Crippen molar-refractivity contribution in [1.29, 1.82) is 0 Å². The van der Waals surface area contributed by atoms with Gasteiger partial charge in [-0.25, -0.2) is 9.79 Å². The molecule has 0 spiro atoms. The molecule has 2 rings (SSSR count). The third-order valence-corrected chi connectivity index (χ3v) is 4.45. The van der Waals surface area contributed by atoms with Crippen molar-refractivity contribution in [1.82, 2.24) is 0 Å². The standard InChI is InChI=1S/C17H23NO/c1-14(2)15-6-8-16(9-7-15)17(12-18-13-19)10-4-3-5-11-17/h6-9,14H,3-5,10-12H2,1-2H3. The van der Waals surface area contributed by atoms with Crippen LogP contribution in [0.25, 0.3) is 0 Å². The maximum absolute atomic E-state index is 10.5. The van der Waals surface area contributed by atoms with Gasteiger partial charge in [-0.05, 0) is 29.9 Å². The molecule has 0 N–H and O–H groups in total. The minimum absolute atomic E-state index is 0.0746. The predicted molar refractivity (Wildman–Crippen MR) is 78.3 cm³/mol. The zero-order valence-corrected chi connectivity index (χ0v) is 12.0. The molecule has 0 bridgehead atoms. The molecule has 1 fully saturated rings. The fraction of sp³-hybridized carbons (Fsp3) is 0.588. The molecule has 1 aromatic rings. The molecule has 0 atom stereocenters. The SMILES string of the molecule is CC(C)c1ccc(C2(CN=C=O)CCCCC2)cc1. The van der Waals surface area contributed by atoms with Crippen molar-refractivity contribution < 1.29 is 4.79 Å². The van der Waals surface area contributed by atoms with E-state index in [0.717, 1.165) is 12.8 Å². The lowest BCUT2D eigenvalue weighted by molar-refractivity contribution is 0.301. The molecule has 19 heavy (non-hydrogen) atoms. The summed E-state index contributed by atoms with van der Waals surface area (Å²) in [5.74, 6) is 0.560. The summed E-state index contributed by atoms with van der Waals surface area (Å²) < 4.78 is 0. The summed E-state index contributed by atoms with van der Waals surface area (Å²) in [5.41, 5.74) is 2.79. The average Bonchev–Trinajstić information content (AvgIpc) is 2.46. The highest BCUT2D eigenvalue weighted by Gasteiger charge is 2.33. The third kappa shape index (κ3) is 3.13. The van der Waals surface area contributed by atoms with Crippen molar-refractivity contribution in [2.45, 2.75) is 57.3 Å². The van der Waals surface area contributed by atoms with Gasteiger partial charge in [-0.2, -0.15) is 0 Å². The van der Waals surface area contributed by atoms with Crippen LogP contribution in [0.3, 0.4) is 0 Å². The molecule has 0 aliphatic heterocycles. The lowest BCUT2D eigenvalue weighted by Gasteiger charge is -2.36. The summed E-state index contributed by atoms with van der Waals surface area (Å²) in [7, 11) is 0. The lowest BCUT2D eigenvalue weighted by atomic mass is 9.69. The second kappa shape index (κ2) is 6.16. The van der Waals surface area contributed by atoms with Gasteiger partial charge in [0.05, 0.1) is 6.54 Å². The first kappa shape index (κ1) is 14.0. The molecular weight excluding hydrogens is 234 g/mol. The van der Waals surface area contributed by atoms with Crippen molar-refractivity contribution >= 4 is 6.08 Å². The van der Waals surface area contributed by atoms with E-state index in [-0.39, 0.29) is 5.41 Å². The quantitative estimate of drug-likeness (QED) is 0.582. The first-order valence-electron chi connectivity index (χ1n) is 7.32. The number of carbonyl (C=O) groups excluding carboxylic acids is 1. The fourth-order valence-corrected chi connectivity index (χ4v) is 3.17. The van der Waals surface area contributed by atoms with Gasteiger partial charge in [-0.15, -0.1) is 0 Å². The zero-order valence-electron chi connectivity index (χ0n) is 12.0. The first-order chi connectivity index (χ1) is 9.18. The fourth-order valence-electron chi connectivity index (χ4n) is 3.17. The Morgan fingerprint density at radius 1 is 1.16 bits per heavy atom. The van der Waals surface area contributed by atoms with Crippen molar-refractivity contribution in [2.24, 2.45) is 4.99 Å². The van der Waals surface area contributed by atoms with Gasteiger partial charge < -0.3 is 0 Å². The molecule has 1 aliphatic rings. The zero-order chi connectivity index (χ0) is 13.7. The van der Waals surface area contributed by atoms with Crippen LogP contribution in [-0.2, 0) is 10.2 Å². The highest BCUT2D eigenvalue weighted by atomic mass is 16.1. The smallest absolute Gasteiger partial charge is 0.211 e. The van der Waals surface area contributed by atoms with Gasteiger partial charge in [-0.1, -0.05) is 57.4 Å². The van der Waals surface area contributed by atoms with Crippen molar-refractivity contribution in [3.8, 4) is 0 Å². The van der Waals surface area contributed by atoms with Crippen LogP contribution in [0.4, 0.5) is 0 Å². The summed E-state index contributed by atoms with van der Waals surface area (Å²) in [5, 5.41) is 0. The van der Waals surface area contributed by atoms with E-state index in [4.69, 9.17) is 0 Å². The van der Waals surface area contributed by atoms with Crippen molar-refractivity contribution in [3.05, 3.63) is 35.4 Å². The van der Waals surface area contributed by atoms with Gasteiger partial charge in [0.1, 0.15) is 0 Å². The monoisotopic (exact) mass is 257 g/mol. The van der Waals surface area contributed by atoms with Crippen LogP contribution in [0, 0.1) is 0 Å². The second-order valence-corrected chi connectivity index (χ2v) is 6.03. The maximum Gasteiger partial charge on any atom is 0.234 e. The van der Waals surface area contributed by atoms with E-state index in [1.165, 1.54) is 30.4 Å². The van der Waals surface area contributed by atoms with Crippen LogP contribution in [0.5, 0.6) is 0 Å². The minimum Gasteiger partial charge on any atom is -0.211 e. The third-order valence-electron chi connectivity index (χ3n) is 4.45. The van der Waals surface area contributed by atoms with Gasteiger partial charge in [-0.3, -0.25) is 0 Å². The highest BCUT2D eigenvalue weighted by Crippen LogP contribution is 2.40. The number of aliphatic imine (C=N–C) groups is 1. The van der Waals surface area contributed by atoms with Gasteiger partial charge in [0, 0.05) is 5.41 Å². The maximum atomic E-state index is 10.5. The molecule has 0 aromatic heterocycles. The Hall–Kier alpha value is -1.40. The molecule has 0 saturated heterocycles. The molecule has 1 aliphatic carbocycles.